The third-order valence-corrected chi connectivity index (χ3v) is 14.6. The van der Waals surface area contributed by atoms with Crippen LogP contribution in [0.2, 0.25) is 0 Å². The number of rotatable bonds is 60. The summed E-state index contributed by atoms with van der Waals surface area (Å²) in [6, 6.07) is 0. The van der Waals surface area contributed by atoms with E-state index in [1.54, 1.807) is 0 Å². The standard InChI is InChI=1S/C67H124O6/c1-4-7-10-13-16-19-22-25-28-31-32-33-34-37-39-42-45-48-51-54-57-60-66(69)72-63-64(73-67(70)61-58-55-52-49-46-43-40-36-30-27-24-21-18-15-12-9-6-3)62-71-65(68)59-56-53-50-47-44-41-38-35-29-26-23-20-17-14-11-8-5-2/h26,29,38,41,47,50,64H,4-25,27-28,30-37,39-40,42-46,48-49,51-63H2,1-3H3/b29-26-,41-38-,50-47-/t64-/m1/s1. The molecule has 0 spiro atoms. The number of unbranched alkanes of at least 4 members (excludes halogenated alkanes) is 43. The highest BCUT2D eigenvalue weighted by Crippen LogP contribution is 2.18. The van der Waals surface area contributed by atoms with E-state index in [2.05, 4.69) is 57.2 Å². The molecule has 428 valence electrons. The Kier molecular flexibility index (Phi) is 60.2. The van der Waals surface area contributed by atoms with Crippen LogP contribution >= 0.6 is 0 Å². The molecule has 73 heavy (non-hydrogen) atoms. The number of carbonyl (C=O) groups is 3. The van der Waals surface area contributed by atoms with Crippen molar-refractivity contribution in [3.63, 3.8) is 0 Å². The highest BCUT2D eigenvalue weighted by Gasteiger charge is 2.19. The van der Waals surface area contributed by atoms with Crippen LogP contribution in [-0.2, 0) is 28.6 Å². The molecule has 0 rings (SSSR count). The number of carbonyl (C=O) groups excluding carboxylic acids is 3. The van der Waals surface area contributed by atoms with E-state index in [-0.39, 0.29) is 31.1 Å². The van der Waals surface area contributed by atoms with Crippen LogP contribution < -0.4 is 0 Å². The molecule has 0 radical (unpaired) electrons. The van der Waals surface area contributed by atoms with E-state index in [1.165, 1.54) is 250 Å². The van der Waals surface area contributed by atoms with Crippen LogP contribution in [0.15, 0.2) is 36.5 Å². The number of esters is 3. The lowest BCUT2D eigenvalue weighted by atomic mass is 10.0. The van der Waals surface area contributed by atoms with Crippen LogP contribution in [-0.4, -0.2) is 37.2 Å². The van der Waals surface area contributed by atoms with Crippen LogP contribution in [0.4, 0.5) is 0 Å². The van der Waals surface area contributed by atoms with Crippen molar-refractivity contribution in [2.75, 3.05) is 13.2 Å². The van der Waals surface area contributed by atoms with E-state index in [9.17, 15) is 14.4 Å². The van der Waals surface area contributed by atoms with Crippen molar-refractivity contribution in [3.05, 3.63) is 36.5 Å². The Morgan fingerprint density at radius 1 is 0.274 bits per heavy atom. The molecule has 0 N–H and O–H groups in total. The first kappa shape index (κ1) is 70.6. The summed E-state index contributed by atoms with van der Waals surface area (Å²) in [5.74, 6) is -0.910. The van der Waals surface area contributed by atoms with Crippen molar-refractivity contribution in [2.24, 2.45) is 0 Å². The quantitative estimate of drug-likeness (QED) is 0.0261. The first-order valence-electron chi connectivity index (χ1n) is 32.5. The van der Waals surface area contributed by atoms with Gasteiger partial charge in [0.05, 0.1) is 0 Å². The maximum absolute atomic E-state index is 12.9. The van der Waals surface area contributed by atoms with Crippen molar-refractivity contribution in [1.82, 2.24) is 0 Å². The SMILES string of the molecule is CCCCCCCC/C=C\C/C=C\C/C=C\CCCC(=O)OC[C@H](COC(=O)CCCCCCCCCCCCCCCCCCCCCCC)OC(=O)CCCCCCCCCCCCCCCCCCC. The average molecular weight is 1030 g/mol. The molecule has 0 bridgehead atoms. The Morgan fingerprint density at radius 2 is 0.507 bits per heavy atom. The molecule has 0 aromatic carbocycles. The van der Waals surface area contributed by atoms with E-state index < -0.39 is 6.10 Å². The smallest absolute Gasteiger partial charge is 0.306 e. The molecule has 0 heterocycles. The van der Waals surface area contributed by atoms with Gasteiger partial charge in [-0.25, -0.2) is 0 Å². The van der Waals surface area contributed by atoms with Gasteiger partial charge in [-0.15, -0.1) is 0 Å². The summed E-state index contributed by atoms with van der Waals surface area (Å²) >= 11 is 0. The Morgan fingerprint density at radius 3 is 0.822 bits per heavy atom. The van der Waals surface area contributed by atoms with Crippen molar-refractivity contribution in [3.8, 4) is 0 Å². The van der Waals surface area contributed by atoms with Gasteiger partial charge in [0.15, 0.2) is 6.10 Å². The molecule has 0 saturated heterocycles. The van der Waals surface area contributed by atoms with Gasteiger partial charge in [0.1, 0.15) is 13.2 Å². The van der Waals surface area contributed by atoms with E-state index in [0.29, 0.717) is 25.7 Å². The average Bonchev–Trinajstić information content (AvgIpc) is 3.39. The second-order valence-corrected chi connectivity index (χ2v) is 22.0. The summed E-state index contributed by atoms with van der Waals surface area (Å²) in [6.45, 7) is 6.66. The Bertz CT molecular complexity index is 1220. The number of hydrogen-bond donors (Lipinski definition) is 0. The summed E-state index contributed by atoms with van der Waals surface area (Å²) in [7, 11) is 0. The second kappa shape index (κ2) is 62.2. The summed E-state index contributed by atoms with van der Waals surface area (Å²) in [5, 5.41) is 0. The zero-order valence-corrected chi connectivity index (χ0v) is 49.2. The largest absolute Gasteiger partial charge is 0.462 e. The zero-order valence-electron chi connectivity index (χ0n) is 49.2. The molecule has 0 aromatic heterocycles. The Balaban J connectivity index is 4.35. The van der Waals surface area contributed by atoms with Gasteiger partial charge in [-0.05, 0) is 51.4 Å². The molecule has 0 fully saturated rings. The van der Waals surface area contributed by atoms with Gasteiger partial charge >= 0.3 is 17.9 Å². The molecular weight excluding hydrogens is 901 g/mol. The van der Waals surface area contributed by atoms with Crippen LogP contribution in [0, 0.1) is 0 Å². The number of allylic oxidation sites excluding steroid dienone is 6. The van der Waals surface area contributed by atoms with Gasteiger partial charge < -0.3 is 14.2 Å². The van der Waals surface area contributed by atoms with Gasteiger partial charge in [0.2, 0.25) is 0 Å². The summed E-state index contributed by atoms with van der Waals surface area (Å²) in [4.78, 5) is 38.3. The highest BCUT2D eigenvalue weighted by atomic mass is 16.6. The summed E-state index contributed by atoms with van der Waals surface area (Å²) in [5.41, 5.74) is 0. The third-order valence-electron chi connectivity index (χ3n) is 14.6. The number of hydrogen-bond acceptors (Lipinski definition) is 6. The first-order valence-corrected chi connectivity index (χ1v) is 32.5. The van der Waals surface area contributed by atoms with E-state index in [1.807, 2.05) is 0 Å². The van der Waals surface area contributed by atoms with Crippen molar-refractivity contribution in [2.45, 2.75) is 361 Å². The zero-order chi connectivity index (χ0) is 52.9. The molecule has 1 atom stereocenters. The lowest BCUT2D eigenvalue weighted by molar-refractivity contribution is -0.167. The van der Waals surface area contributed by atoms with E-state index in [4.69, 9.17) is 14.2 Å². The second-order valence-electron chi connectivity index (χ2n) is 22.0. The summed E-state index contributed by atoms with van der Waals surface area (Å²) in [6.07, 6.45) is 75.9. The van der Waals surface area contributed by atoms with Crippen molar-refractivity contribution in [1.29, 1.82) is 0 Å². The molecule has 0 amide bonds. The first-order chi connectivity index (χ1) is 36.0. The molecule has 6 nitrogen and oxygen atoms in total. The molecule has 0 saturated carbocycles. The minimum Gasteiger partial charge on any atom is -0.462 e. The molecule has 0 aromatic rings. The minimum atomic E-state index is -0.789. The lowest BCUT2D eigenvalue weighted by Crippen LogP contribution is -2.30. The van der Waals surface area contributed by atoms with Crippen LogP contribution in [0.25, 0.3) is 0 Å². The Hall–Kier alpha value is -2.37. The highest BCUT2D eigenvalue weighted by molar-refractivity contribution is 5.71. The fourth-order valence-corrected chi connectivity index (χ4v) is 9.76. The van der Waals surface area contributed by atoms with Crippen LogP contribution in [0.5, 0.6) is 0 Å². The lowest BCUT2D eigenvalue weighted by Gasteiger charge is -2.18. The predicted octanol–water partition coefficient (Wildman–Crippen LogP) is 22.0. The third kappa shape index (κ3) is 60.4. The summed E-state index contributed by atoms with van der Waals surface area (Å²) < 4.78 is 16.9. The fraction of sp³-hybridized carbons (Fsp3) is 0.866. The van der Waals surface area contributed by atoms with Crippen LogP contribution in [0.1, 0.15) is 355 Å². The van der Waals surface area contributed by atoms with Gasteiger partial charge in [0, 0.05) is 19.3 Å². The Labute approximate surface area is 455 Å². The maximum atomic E-state index is 12.9. The van der Waals surface area contributed by atoms with Gasteiger partial charge in [-0.3, -0.25) is 14.4 Å². The number of ether oxygens (including phenoxy) is 3. The molecular formula is C67H124O6. The van der Waals surface area contributed by atoms with Crippen molar-refractivity contribution >= 4 is 17.9 Å². The normalized spacial score (nSPS) is 12.2. The van der Waals surface area contributed by atoms with E-state index >= 15 is 0 Å². The van der Waals surface area contributed by atoms with Crippen molar-refractivity contribution < 1.29 is 28.6 Å². The topological polar surface area (TPSA) is 78.9 Å². The molecule has 0 unspecified atom stereocenters. The maximum Gasteiger partial charge on any atom is 0.306 e. The molecule has 0 aliphatic rings. The molecule has 0 aliphatic carbocycles. The molecule has 0 aliphatic heterocycles. The predicted molar refractivity (Wildman–Crippen MR) is 316 cm³/mol. The van der Waals surface area contributed by atoms with Crippen LogP contribution in [0.3, 0.4) is 0 Å². The van der Waals surface area contributed by atoms with Gasteiger partial charge in [-0.1, -0.05) is 320 Å². The van der Waals surface area contributed by atoms with E-state index in [0.717, 1.165) is 57.8 Å². The van der Waals surface area contributed by atoms with Gasteiger partial charge in [-0.2, -0.15) is 0 Å². The molecule has 6 heteroatoms. The minimum absolute atomic E-state index is 0.0820. The fourth-order valence-electron chi connectivity index (χ4n) is 9.76. The monoisotopic (exact) mass is 1020 g/mol. The van der Waals surface area contributed by atoms with Gasteiger partial charge in [0.25, 0.3) is 0 Å².